The molecule has 1 aliphatic heterocycles. The van der Waals surface area contributed by atoms with Gasteiger partial charge in [-0.15, -0.1) is 0 Å². The number of hydrogen-bond donors (Lipinski definition) is 3. The first-order valence-electron chi connectivity index (χ1n) is 10.0. The van der Waals surface area contributed by atoms with Gasteiger partial charge < -0.3 is 16.6 Å². The molecule has 2 unspecified atom stereocenters. The van der Waals surface area contributed by atoms with E-state index in [9.17, 15) is 9.50 Å². The van der Waals surface area contributed by atoms with E-state index in [1.165, 1.54) is 17.7 Å². The highest BCUT2D eigenvalue weighted by atomic mass is 19.1. The van der Waals surface area contributed by atoms with Gasteiger partial charge in [-0.2, -0.15) is 0 Å². The minimum atomic E-state index is -0.975. The Labute approximate surface area is 182 Å². The molecule has 2 aromatic carbocycles. The molecular formula is C24H28FN5O. The molecule has 6 nitrogen and oxygen atoms in total. The molecule has 1 aliphatic rings. The Balaban J connectivity index is 1.90. The van der Waals surface area contributed by atoms with Crippen molar-refractivity contribution in [2.45, 2.75) is 18.7 Å². The number of aliphatic hydroxyl groups excluding tert-OH is 1. The maximum absolute atomic E-state index is 13.2. The monoisotopic (exact) mass is 421 g/mol. The summed E-state index contributed by atoms with van der Waals surface area (Å²) in [5, 5.41) is 11.2. The number of halogens is 1. The van der Waals surface area contributed by atoms with Gasteiger partial charge in [-0.1, -0.05) is 36.4 Å². The van der Waals surface area contributed by atoms with Crippen LogP contribution in [0.1, 0.15) is 22.6 Å². The number of benzene rings is 2. The largest absolute Gasteiger partial charge is 0.404 e. The van der Waals surface area contributed by atoms with Crippen LogP contribution in [0, 0.1) is 5.82 Å². The zero-order valence-electron chi connectivity index (χ0n) is 17.7. The molecule has 7 heteroatoms. The van der Waals surface area contributed by atoms with Crippen LogP contribution in [0.15, 0.2) is 76.4 Å². The quantitative estimate of drug-likeness (QED) is 0.624. The van der Waals surface area contributed by atoms with Crippen LogP contribution in [-0.4, -0.2) is 48.8 Å². The van der Waals surface area contributed by atoms with Gasteiger partial charge in [0.25, 0.3) is 0 Å². The lowest BCUT2D eigenvalue weighted by Gasteiger charge is -2.37. The highest BCUT2D eigenvalue weighted by molar-refractivity contribution is 6.03. The van der Waals surface area contributed by atoms with Crippen LogP contribution in [0.3, 0.4) is 0 Å². The summed E-state index contributed by atoms with van der Waals surface area (Å²) >= 11 is 0. The molecule has 0 fully saturated rings. The van der Waals surface area contributed by atoms with E-state index < -0.39 is 6.23 Å². The zero-order chi connectivity index (χ0) is 22.4. The van der Waals surface area contributed by atoms with Crippen molar-refractivity contribution in [1.82, 2.24) is 4.90 Å². The van der Waals surface area contributed by atoms with Crippen LogP contribution < -0.4 is 11.5 Å². The highest BCUT2D eigenvalue weighted by Gasteiger charge is 2.31. The number of nitrogens with two attached hydrogens (primary N) is 2. The van der Waals surface area contributed by atoms with Crippen molar-refractivity contribution in [2.24, 2.45) is 21.5 Å². The van der Waals surface area contributed by atoms with Crippen molar-refractivity contribution >= 4 is 17.6 Å². The normalized spacial score (nSPS) is 19.5. The Morgan fingerprint density at radius 3 is 2.55 bits per heavy atom. The summed E-state index contributed by atoms with van der Waals surface area (Å²) in [5.74, 6) is -0.372. The van der Waals surface area contributed by atoms with E-state index in [0.717, 1.165) is 11.1 Å². The summed E-state index contributed by atoms with van der Waals surface area (Å²) in [5.41, 5.74) is 16.7. The van der Waals surface area contributed by atoms with E-state index in [0.29, 0.717) is 30.1 Å². The molecule has 0 spiro atoms. The number of nitrogens with zero attached hydrogens (tertiary/aromatic N) is 3. The predicted molar refractivity (Wildman–Crippen MR) is 124 cm³/mol. The highest BCUT2D eigenvalue weighted by Crippen LogP contribution is 2.33. The van der Waals surface area contributed by atoms with Crippen LogP contribution in [0.25, 0.3) is 5.70 Å². The molecule has 0 saturated carbocycles. The van der Waals surface area contributed by atoms with E-state index in [1.54, 1.807) is 44.7 Å². The lowest BCUT2D eigenvalue weighted by Crippen LogP contribution is -2.45. The van der Waals surface area contributed by atoms with Gasteiger partial charge in [0.05, 0.1) is 5.71 Å². The SMILES string of the molecule is CN=CC(=CN)C1CN(C(O)C(C=C(N)c2ccc(F)cc2)=NC)Cc2ccccc21. The molecule has 5 N–H and O–H groups in total. The second-order valence-electron chi connectivity index (χ2n) is 7.36. The first-order chi connectivity index (χ1) is 15.0. The van der Waals surface area contributed by atoms with Crippen LogP contribution in [0.5, 0.6) is 0 Å². The fourth-order valence-electron chi connectivity index (χ4n) is 3.83. The molecule has 0 radical (unpaired) electrons. The Morgan fingerprint density at radius 1 is 1.19 bits per heavy atom. The van der Waals surface area contributed by atoms with Crippen LogP contribution in [0.2, 0.25) is 0 Å². The summed E-state index contributed by atoms with van der Waals surface area (Å²) in [7, 11) is 3.31. The van der Waals surface area contributed by atoms with Crippen molar-refractivity contribution in [1.29, 1.82) is 0 Å². The van der Waals surface area contributed by atoms with Gasteiger partial charge in [-0.25, -0.2) is 4.39 Å². The van der Waals surface area contributed by atoms with E-state index in [4.69, 9.17) is 11.5 Å². The van der Waals surface area contributed by atoms with Gasteiger partial charge >= 0.3 is 0 Å². The first kappa shape index (κ1) is 22.4. The number of aliphatic imine (C=N–C) groups is 2. The standard InChI is InChI=1S/C24H28FN5O/c1-28-13-18(12-26)21-15-30(14-17-5-3-4-6-20(17)21)24(31)23(29-2)11-22(27)16-7-9-19(25)10-8-16/h3-13,21,24,31H,14-15,26-27H2,1-2H3. The molecule has 162 valence electrons. The van der Waals surface area contributed by atoms with E-state index in [2.05, 4.69) is 16.1 Å². The van der Waals surface area contributed by atoms with E-state index in [-0.39, 0.29) is 11.7 Å². The minimum Gasteiger partial charge on any atom is -0.404 e. The summed E-state index contributed by atoms with van der Waals surface area (Å²) in [6.45, 7) is 1.09. The molecule has 0 bridgehead atoms. The second-order valence-corrected chi connectivity index (χ2v) is 7.36. The molecule has 2 atom stereocenters. The number of fused-ring (bicyclic) bond motifs is 1. The Kier molecular flexibility index (Phi) is 7.33. The molecule has 0 amide bonds. The number of rotatable bonds is 6. The average Bonchev–Trinajstić information content (AvgIpc) is 2.80. The van der Waals surface area contributed by atoms with Crippen molar-refractivity contribution in [3.05, 3.63) is 88.9 Å². The third-order valence-electron chi connectivity index (χ3n) is 5.44. The maximum atomic E-state index is 13.2. The summed E-state index contributed by atoms with van der Waals surface area (Å²) < 4.78 is 13.2. The lowest BCUT2D eigenvalue weighted by atomic mass is 9.84. The number of hydrogen-bond acceptors (Lipinski definition) is 6. The lowest BCUT2D eigenvalue weighted by molar-refractivity contribution is 0.0433. The Hall–Kier alpha value is -3.29. The van der Waals surface area contributed by atoms with Crippen molar-refractivity contribution < 1.29 is 9.50 Å². The maximum Gasteiger partial charge on any atom is 0.150 e. The van der Waals surface area contributed by atoms with E-state index >= 15 is 0 Å². The molecule has 2 aromatic rings. The summed E-state index contributed by atoms with van der Waals surface area (Å²) in [6, 6.07) is 14.0. The minimum absolute atomic E-state index is 0.0372. The summed E-state index contributed by atoms with van der Waals surface area (Å²) in [4.78, 5) is 10.3. The van der Waals surface area contributed by atoms with Gasteiger partial charge in [0.2, 0.25) is 0 Å². The van der Waals surface area contributed by atoms with Gasteiger partial charge in [-0.05, 0) is 46.7 Å². The average molecular weight is 422 g/mol. The third kappa shape index (κ3) is 5.07. The molecule has 0 saturated heterocycles. The fraction of sp³-hybridized carbons (Fsp3) is 0.250. The Bertz CT molecular complexity index is 1030. The number of aliphatic hydroxyl groups is 1. The molecule has 3 rings (SSSR count). The topological polar surface area (TPSA) is 100 Å². The molecule has 31 heavy (non-hydrogen) atoms. The first-order valence-corrected chi connectivity index (χ1v) is 10.0. The smallest absolute Gasteiger partial charge is 0.150 e. The van der Waals surface area contributed by atoms with Gasteiger partial charge in [0.1, 0.15) is 5.82 Å². The van der Waals surface area contributed by atoms with Crippen LogP contribution in [0.4, 0.5) is 4.39 Å². The van der Waals surface area contributed by atoms with E-state index in [1.807, 2.05) is 23.1 Å². The molecule has 0 aliphatic carbocycles. The predicted octanol–water partition coefficient (Wildman–Crippen LogP) is 2.66. The fourth-order valence-corrected chi connectivity index (χ4v) is 3.83. The Morgan fingerprint density at radius 2 is 1.90 bits per heavy atom. The van der Waals surface area contributed by atoms with Gasteiger partial charge in [-0.3, -0.25) is 14.9 Å². The van der Waals surface area contributed by atoms with Gasteiger partial charge in [0.15, 0.2) is 6.23 Å². The zero-order valence-corrected chi connectivity index (χ0v) is 17.7. The molecule has 1 heterocycles. The molecular weight excluding hydrogens is 393 g/mol. The van der Waals surface area contributed by atoms with Gasteiger partial charge in [0, 0.05) is 45.0 Å². The van der Waals surface area contributed by atoms with Crippen LogP contribution in [-0.2, 0) is 6.54 Å². The second kappa shape index (κ2) is 10.1. The summed E-state index contributed by atoms with van der Waals surface area (Å²) in [6.07, 6.45) is 3.96. The van der Waals surface area contributed by atoms with Crippen LogP contribution >= 0.6 is 0 Å². The van der Waals surface area contributed by atoms with Crippen molar-refractivity contribution in [3.8, 4) is 0 Å². The van der Waals surface area contributed by atoms with Crippen molar-refractivity contribution in [3.63, 3.8) is 0 Å². The van der Waals surface area contributed by atoms with Crippen molar-refractivity contribution in [2.75, 3.05) is 20.6 Å². The third-order valence-corrected chi connectivity index (χ3v) is 5.44. The molecule has 0 aromatic heterocycles.